The van der Waals surface area contributed by atoms with E-state index in [2.05, 4.69) is 20.7 Å². The maximum Gasteiger partial charge on any atom is 0.313 e. The topological polar surface area (TPSA) is 56.5 Å². The Morgan fingerprint density at radius 3 is 2.64 bits per heavy atom. The quantitative estimate of drug-likeness (QED) is 0.475. The predicted octanol–water partition coefficient (Wildman–Crippen LogP) is 2.10. The van der Waals surface area contributed by atoms with Crippen molar-refractivity contribution in [3.05, 3.63) is 22.1 Å². The zero-order chi connectivity index (χ0) is 10.7. The number of carbonyl (C=O) groups excluding carboxylic acids is 2. The van der Waals surface area contributed by atoms with Crippen LogP contribution in [0.2, 0.25) is 0 Å². The molecule has 0 amide bonds. The molecule has 1 aromatic rings. The van der Waals surface area contributed by atoms with Crippen molar-refractivity contribution in [3.8, 4) is 0 Å². The van der Waals surface area contributed by atoms with E-state index in [4.69, 9.17) is 4.42 Å². The summed E-state index contributed by atoms with van der Waals surface area (Å²) in [7, 11) is 1.24. The standard InChI is InChI=1S/C9H9BrO4/c1-5-6(3-8(10)14-5)7(11)4-9(12)13-2/h3H,4H2,1-2H3. The third-order valence-corrected chi connectivity index (χ3v) is 2.11. The molecule has 1 rings (SSSR count). The number of Topliss-reactive ketones (excluding diaryl/α,β-unsaturated/α-hetero) is 1. The molecule has 0 saturated carbocycles. The summed E-state index contributed by atoms with van der Waals surface area (Å²) in [5, 5.41) is 0. The lowest BCUT2D eigenvalue weighted by molar-refractivity contribution is -0.139. The SMILES string of the molecule is COC(=O)CC(=O)c1cc(Br)oc1C. The van der Waals surface area contributed by atoms with Gasteiger partial charge in [0.15, 0.2) is 10.5 Å². The second kappa shape index (κ2) is 4.41. The Labute approximate surface area is 89.4 Å². The van der Waals surface area contributed by atoms with E-state index in [0.717, 1.165) is 0 Å². The lowest BCUT2D eigenvalue weighted by Gasteiger charge is -1.97. The molecule has 1 heterocycles. The first kappa shape index (κ1) is 11.0. The molecule has 0 spiro atoms. The van der Waals surface area contributed by atoms with Crippen LogP contribution in [0.15, 0.2) is 15.2 Å². The Balaban J connectivity index is 2.79. The lowest BCUT2D eigenvalue weighted by atomic mass is 10.1. The smallest absolute Gasteiger partial charge is 0.313 e. The first-order valence-electron chi connectivity index (χ1n) is 3.90. The Morgan fingerprint density at radius 2 is 2.21 bits per heavy atom. The molecule has 0 radical (unpaired) electrons. The van der Waals surface area contributed by atoms with Crippen LogP contribution in [0.1, 0.15) is 22.5 Å². The molecule has 0 aliphatic rings. The van der Waals surface area contributed by atoms with Gasteiger partial charge in [-0.1, -0.05) is 0 Å². The van der Waals surface area contributed by atoms with Gasteiger partial charge in [0, 0.05) is 6.07 Å². The highest BCUT2D eigenvalue weighted by molar-refractivity contribution is 9.10. The van der Waals surface area contributed by atoms with Gasteiger partial charge in [-0.2, -0.15) is 0 Å². The van der Waals surface area contributed by atoms with Gasteiger partial charge in [0.1, 0.15) is 12.2 Å². The average molecular weight is 261 g/mol. The van der Waals surface area contributed by atoms with Crippen molar-refractivity contribution >= 4 is 27.7 Å². The average Bonchev–Trinajstić information content (AvgIpc) is 2.45. The van der Waals surface area contributed by atoms with Crippen LogP contribution in [0.25, 0.3) is 0 Å². The number of rotatable bonds is 3. The number of halogens is 1. The summed E-state index contributed by atoms with van der Waals surface area (Å²) < 4.78 is 9.96. The molecule has 76 valence electrons. The summed E-state index contributed by atoms with van der Waals surface area (Å²) in [4.78, 5) is 22.3. The molecule has 0 unspecified atom stereocenters. The van der Waals surface area contributed by atoms with Crippen molar-refractivity contribution in [2.24, 2.45) is 0 Å². The van der Waals surface area contributed by atoms with Crippen LogP contribution >= 0.6 is 15.9 Å². The summed E-state index contributed by atoms with van der Waals surface area (Å²) in [5.41, 5.74) is 0.405. The van der Waals surface area contributed by atoms with E-state index in [0.29, 0.717) is 16.0 Å². The Bertz CT molecular complexity index is 367. The fraction of sp³-hybridized carbons (Fsp3) is 0.333. The summed E-state index contributed by atoms with van der Waals surface area (Å²) in [6, 6.07) is 1.54. The summed E-state index contributed by atoms with van der Waals surface area (Å²) in [5.74, 6) is -0.360. The third kappa shape index (κ3) is 2.45. The number of ketones is 1. The fourth-order valence-corrected chi connectivity index (χ4v) is 1.49. The van der Waals surface area contributed by atoms with Gasteiger partial charge in [-0.3, -0.25) is 9.59 Å². The predicted molar refractivity (Wildman–Crippen MR) is 52.1 cm³/mol. The maximum atomic E-state index is 11.5. The minimum atomic E-state index is -0.549. The second-order valence-corrected chi connectivity index (χ2v) is 3.48. The summed E-state index contributed by atoms with van der Waals surface area (Å²) in [6.45, 7) is 1.66. The van der Waals surface area contributed by atoms with Crippen molar-refractivity contribution < 1.29 is 18.7 Å². The third-order valence-electron chi connectivity index (χ3n) is 1.72. The molecular formula is C9H9BrO4. The van der Waals surface area contributed by atoms with Gasteiger partial charge in [0.05, 0.1) is 12.7 Å². The van der Waals surface area contributed by atoms with E-state index >= 15 is 0 Å². The fourth-order valence-electron chi connectivity index (χ4n) is 1.02. The maximum absolute atomic E-state index is 11.5. The van der Waals surface area contributed by atoms with Gasteiger partial charge >= 0.3 is 5.97 Å². The van der Waals surface area contributed by atoms with Crippen molar-refractivity contribution in [1.82, 2.24) is 0 Å². The zero-order valence-electron chi connectivity index (χ0n) is 7.80. The van der Waals surface area contributed by atoms with E-state index in [1.807, 2.05) is 0 Å². The highest BCUT2D eigenvalue weighted by Gasteiger charge is 2.17. The second-order valence-electron chi connectivity index (χ2n) is 2.70. The Hall–Kier alpha value is -1.10. The largest absolute Gasteiger partial charge is 0.469 e. The number of ether oxygens (including phenoxy) is 1. The minimum Gasteiger partial charge on any atom is -0.469 e. The first-order valence-corrected chi connectivity index (χ1v) is 4.70. The van der Waals surface area contributed by atoms with Gasteiger partial charge in [0.25, 0.3) is 0 Å². The van der Waals surface area contributed by atoms with E-state index in [1.165, 1.54) is 7.11 Å². The summed E-state index contributed by atoms with van der Waals surface area (Å²) >= 11 is 3.10. The molecule has 1 aromatic heterocycles. The van der Waals surface area contributed by atoms with E-state index in [1.54, 1.807) is 13.0 Å². The van der Waals surface area contributed by atoms with E-state index in [9.17, 15) is 9.59 Å². The number of aryl methyl sites for hydroxylation is 1. The molecule has 0 bridgehead atoms. The number of furan rings is 1. The number of hydrogen-bond acceptors (Lipinski definition) is 4. The molecule has 0 atom stereocenters. The first-order chi connectivity index (χ1) is 6.54. The van der Waals surface area contributed by atoms with Crippen LogP contribution in [0, 0.1) is 6.92 Å². The van der Waals surface area contributed by atoms with Gasteiger partial charge < -0.3 is 9.15 Å². The van der Waals surface area contributed by atoms with Gasteiger partial charge in [-0.25, -0.2) is 0 Å². The monoisotopic (exact) mass is 260 g/mol. The van der Waals surface area contributed by atoms with Crippen molar-refractivity contribution in [2.45, 2.75) is 13.3 Å². The van der Waals surface area contributed by atoms with Crippen LogP contribution in [0.4, 0.5) is 0 Å². The van der Waals surface area contributed by atoms with Crippen LogP contribution in [-0.4, -0.2) is 18.9 Å². The molecule has 0 aromatic carbocycles. The van der Waals surface area contributed by atoms with Crippen molar-refractivity contribution in [1.29, 1.82) is 0 Å². The number of carbonyl (C=O) groups is 2. The van der Waals surface area contributed by atoms with Crippen molar-refractivity contribution in [2.75, 3.05) is 7.11 Å². The van der Waals surface area contributed by atoms with E-state index in [-0.39, 0.29) is 12.2 Å². The van der Waals surface area contributed by atoms with Crippen molar-refractivity contribution in [3.63, 3.8) is 0 Å². The van der Waals surface area contributed by atoms with E-state index < -0.39 is 5.97 Å². The van der Waals surface area contributed by atoms with Gasteiger partial charge in [-0.15, -0.1) is 0 Å². The molecule has 4 nitrogen and oxygen atoms in total. The lowest BCUT2D eigenvalue weighted by Crippen LogP contribution is -2.09. The van der Waals surface area contributed by atoms with Crippen LogP contribution in [0.5, 0.6) is 0 Å². The molecule has 0 N–H and O–H groups in total. The Morgan fingerprint density at radius 1 is 1.57 bits per heavy atom. The normalized spacial score (nSPS) is 9.93. The molecule has 14 heavy (non-hydrogen) atoms. The summed E-state index contributed by atoms with van der Waals surface area (Å²) in [6.07, 6.45) is -0.261. The van der Waals surface area contributed by atoms with Crippen LogP contribution in [0.3, 0.4) is 0 Å². The van der Waals surface area contributed by atoms with Gasteiger partial charge in [0.2, 0.25) is 0 Å². The molecular weight excluding hydrogens is 252 g/mol. The van der Waals surface area contributed by atoms with Gasteiger partial charge in [-0.05, 0) is 22.9 Å². The minimum absolute atomic E-state index is 0.261. The molecule has 0 saturated heterocycles. The number of methoxy groups -OCH3 is 1. The number of esters is 1. The molecule has 0 fully saturated rings. The highest BCUT2D eigenvalue weighted by atomic mass is 79.9. The molecule has 5 heteroatoms. The van der Waals surface area contributed by atoms with Crippen LogP contribution in [-0.2, 0) is 9.53 Å². The molecule has 0 aliphatic heterocycles. The number of hydrogen-bond donors (Lipinski definition) is 0. The van der Waals surface area contributed by atoms with Crippen LogP contribution < -0.4 is 0 Å². The highest BCUT2D eigenvalue weighted by Crippen LogP contribution is 2.20. The Kier molecular flexibility index (Phi) is 3.46. The molecule has 0 aliphatic carbocycles. The zero-order valence-corrected chi connectivity index (χ0v) is 9.38.